The van der Waals surface area contributed by atoms with Gasteiger partial charge in [-0.1, -0.05) is 38.1 Å². The Labute approximate surface area is 173 Å². The molecule has 162 valence electrons. The van der Waals surface area contributed by atoms with E-state index in [9.17, 15) is 18.3 Å². The van der Waals surface area contributed by atoms with Crippen molar-refractivity contribution in [3.05, 3.63) is 53.1 Å². The van der Waals surface area contributed by atoms with E-state index in [1.807, 2.05) is 18.2 Å². The van der Waals surface area contributed by atoms with E-state index < -0.39 is 30.2 Å². The molecule has 0 saturated carbocycles. The topological polar surface area (TPSA) is 65.5 Å². The van der Waals surface area contributed by atoms with Crippen LogP contribution >= 0.6 is 0 Å². The third kappa shape index (κ3) is 3.70. The molecule has 2 aliphatic heterocycles. The molecule has 1 atom stereocenters. The molecule has 2 aliphatic rings. The number of hydrogen-bond donors (Lipinski definition) is 4. The summed E-state index contributed by atoms with van der Waals surface area (Å²) >= 11 is 0. The Bertz CT molecular complexity index is 946. The Hall–Kier alpha value is -2.45. The van der Waals surface area contributed by atoms with Crippen LogP contribution in [-0.4, -0.2) is 30.0 Å². The number of aliphatic hydroxyl groups is 1. The van der Waals surface area contributed by atoms with Crippen molar-refractivity contribution in [2.24, 2.45) is 0 Å². The van der Waals surface area contributed by atoms with Crippen molar-refractivity contribution in [1.82, 2.24) is 5.43 Å². The first-order valence-corrected chi connectivity index (χ1v) is 10.00. The second kappa shape index (κ2) is 7.35. The first-order valence-electron chi connectivity index (χ1n) is 10.00. The fourth-order valence-corrected chi connectivity index (χ4v) is 4.37. The molecule has 0 fully saturated rings. The molecule has 0 radical (unpaired) electrons. The van der Waals surface area contributed by atoms with Crippen molar-refractivity contribution < 1.29 is 23.0 Å². The van der Waals surface area contributed by atoms with Crippen molar-refractivity contribution in [1.29, 1.82) is 0 Å². The van der Waals surface area contributed by atoms with Gasteiger partial charge in [-0.3, -0.25) is 0 Å². The standard InChI is InChI=1S/C22H26F3N3O2/c1-20(2,16-6-3-5-14-9-10-30-19(14)16)12-21(29,22(23,24)25)13-26-17-7-4-8-18-15(17)11-27-28-18/h3-8,26-29H,9-13H2,1-2H3. The molecule has 0 bridgehead atoms. The predicted octanol–water partition coefficient (Wildman–Crippen LogP) is 4.12. The van der Waals surface area contributed by atoms with E-state index >= 15 is 0 Å². The Morgan fingerprint density at radius 1 is 1.13 bits per heavy atom. The van der Waals surface area contributed by atoms with Gasteiger partial charge in [-0.25, -0.2) is 5.43 Å². The van der Waals surface area contributed by atoms with E-state index in [1.54, 1.807) is 32.0 Å². The fourth-order valence-electron chi connectivity index (χ4n) is 4.37. The lowest BCUT2D eigenvalue weighted by atomic mass is 9.74. The molecule has 5 nitrogen and oxygen atoms in total. The minimum absolute atomic E-state index is 0.488. The van der Waals surface area contributed by atoms with Gasteiger partial charge in [-0.2, -0.15) is 13.2 Å². The first-order chi connectivity index (χ1) is 14.1. The molecule has 0 amide bonds. The van der Waals surface area contributed by atoms with E-state index in [0.29, 0.717) is 30.2 Å². The summed E-state index contributed by atoms with van der Waals surface area (Å²) < 4.78 is 47.9. The second-order valence-electron chi connectivity index (χ2n) is 8.65. The number of benzene rings is 2. The molecule has 2 aromatic rings. The largest absolute Gasteiger partial charge is 0.493 e. The number of para-hydroxylation sites is 1. The predicted molar refractivity (Wildman–Crippen MR) is 110 cm³/mol. The lowest BCUT2D eigenvalue weighted by Gasteiger charge is -2.38. The zero-order valence-corrected chi connectivity index (χ0v) is 17.0. The number of nitrogens with one attached hydrogen (secondary N) is 3. The molecule has 30 heavy (non-hydrogen) atoms. The van der Waals surface area contributed by atoms with Crippen LogP contribution in [0.15, 0.2) is 36.4 Å². The molecule has 4 rings (SSSR count). The molecule has 0 spiro atoms. The van der Waals surface area contributed by atoms with Crippen LogP contribution in [0.25, 0.3) is 0 Å². The average molecular weight is 421 g/mol. The van der Waals surface area contributed by atoms with E-state index in [0.717, 1.165) is 23.2 Å². The Kier molecular flexibility index (Phi) is 5.10. The monoisotopic (exact) mass is 421 g/mol. The zero-order chi connectivity index (χ0) is 21.6. The average Bonchev–Trinajstić information content (AvgIpc) is 3.33. The van der Waals surface area contributed by atoms with Crippen molar-refractivity contribution in [2.75, 3.05) is 23.9 Å². The number of halogens is 3. The molecule has 4 N–H and O–H groups in total. The molecule has 2 aromatic carbocycles. The van der Waals surface area contributed by atoms with Gasteiger partial charge in [0.05, 0.1) is 18.8 Å². The van der Waals surface area contributed by atoms with Crippen LogP contribution < -0.4 is 20.9 Å². The van der Waals surface area contributed by atoms with Crippen LogP contribution in [0.4, 0.5) is 24.5 Å². The minimum Gasteiger partial charge on any atom is -0.493 e. The highest BCUT2D eigenvalue weighted by atomic mass is 19.4. The SMILES string of the molecule is CC(C)(CC(O)(CNc1cccc2c1CNN2)C(F)(F)F)c1cccc2c1OCC2. The van der Waals surface area contributed by atoms with E-state index in [2.05, 4.69) is 16.2 Å². The van der Waals surface area contributed by atoms with E-state index in [-0.39, 0.29) is 0 Å². The number of hydrogen-bond acceptors (Lipinski definition) is 5. The van der Waals surface area contributed by atoms with Gasteiger partial charge in [0.15, 0.2) is 5.60 Å². The first kappa shape index (κ1) is 20.8. The van der Waals surface area contributed by atoms with Crippen LogP contribution in [0.1, 0.15) is 37.0 Å². The molecule has 0 aromatic heterocycles. The molecule has 1 unspecified atom stereocenters. The highest BCUT2D eigenvalue weighted by Crippen LogP contribution is 2.45. The maximum absolute atomic E-state index is 14.1. The Morgan fingerprint density at radius 2 is 1.90 bits per heavy atom. The van der Waals surface area contributed by atoms with Crippen LogP contribution in [0.2, 0.25) is 0 Å². The van der Waals surface area contributed by atoms with Gasteiger partial charge in [0.1, 0.15) is 5.75 Å². The number of anilines is 2. The quantitative estimate of drug-likeness (QED) is 0.565. The second-order valence-corrected chi connectivity index (χ2v) is 8.65. The third-order valence-corrected chi connectivity index (χ3v) is 5.94. The van der Waals surface area contributed by atoms with Crippen LogP contribution in [0.5, 0.6) is 5.75 Å². The van der Waals surface area contributed by atoms with Crippen molar-refractivity contribution in [3.8, 4) is 5.75 Å². The summed E-state index contributed by atoms with van der Waals surface area (Å²) in [5.74, 6) is 0.651. The Morgan fingerprint density at radius 3 is 2.67 bits per heavy atom. The maximum atomic E-state index is 14.1. The molecule has 0 aliphatic carbocycles. The summed E-state index contributed by atoms with van der Waals surface area (Å²) in [5, 5.41) is 13.7. The molecule has 8 heteroatoms. The van der Waals surface area contributed by atoms with Crippen LogP contribution in [0.3, 0.4) is 0 Å². The van der Waals surface area contributed by atoms with Gasteiger partial charge < -0.3 is 20.6 Å². The number of alkyl halides is 3. The highest BCUT2D eigenvalue weighted by Gasteiger charge is 2.56. The molecular weight excluding hydrogens is 395 g/mol. The molecule has 0 saturated heterocycles. The van der Waals surface area contributed by atoms with E-state index in [1.165, 1.54) is 0 Å². The van der Waals surface area contributed by atoms with Crippen molar-refractivity contribution in [3.63, 3.8) is 0 Å². The van der Waals surface area contributed by atoms with Gasteiger partial charge in [0, 0.05) is 29.8 Å². The van der Waals surface area contributed by atoms with E-state index in [4.69, 9.17) is 4.74 Å². The smallest absolute Gasteiger partial charge is 0.418 e. The summed E-state index contributed by atoms with van der Waals surface area (Å²) in [6.07, 6.45) is -4.56. The van der Waals surface area contributed by atoms with Gasteiger partial charge >= 0.3 is 6.18 Å². The van der Waals surface area contributed by atoms with Gasteiger partial charge in [0.2, 0.25) is 0 Å². The zero-order valence-electron chi connectivity index (χ0n) is 17.0. The maximum Gasteiger partial charge on any atom is 0.418 e. The normalized spacial score (nSPS) is 17.5. The summed E-state index contributed by atoms with van der Waals surface area (Å²) in [6, 6.07) is 10.9. The summed E-state index contributed by atoms with van der Waals surface area (Å²) in [6.45, 7) is 3.80. The van der Waals surface area contributed by atoms with Gasteiger partial charge in [-0.05, 0) is 29.5 Å². The van der Waals surface area contributed by atoms with Crippen molar-refractivity contribution in [2.45, 2.75) is 50.4 Å². The van der Waals surface area contributed by atoms with Crippen LogP contribution in [0, 0.1) is 0 Å². The minimum atomic E-state index is -4.80. The summed E-state index contributed by atoms with van der Waals surface area (Å²) in [7, 11) is 0. The van der Waals surface area contributed by atoms with Gasteiger partial charge in [-0.15, -0.1) is 0 Å². The number of ether oxygens (including phenoxy) is 1. The Balaban J connectivity index is 1.60. The number of fused-ring (bicyclic) bond motifs is 2. The fraction of sp³-hybridized carbons (Fsp3) is 0.455. The molecular formula is C22H26F3N3O2. The lowest BCUT2D eigenvalue weighted by Crippen LogP contribution is -2.53. The third-order valence-electron chi connectivity index (χ3n) is 5.94. The van der Waals surface area contributed by atoms with Crippen LogP contribution in [-0.2, 0) is 18.4 Å². The highest BCUT2D eigenvalue weighted by molar-refractivity contribution is 5.67. The van der Waals surface area contributed by atoms with Crippen molar-refractivity contribution >= 4 is 11.4 Å². The summed E-state index contributed by atoms with van der Waals surface area (Å²) in [5.41, 5.74) is 5.95. The molecule has 2 heterocycles. The van der Waals surface area contributed by atoms with Gasteiger partial charge in [0.25, 0.3) is 0 Å². The summed E-state index contributed by atoms with van der Waals surface area (Å²) in [4.78, 5) is 0. The number of rotatable bonds is 6. The number of hydrazine groups is 1. The lowest BCUT2D eigenvalue weighted by molar-refractivity contribution is -0.260.